The molecule has 0 bridgehead atoms. The van der Waals surface area contributed by atoms with Crippen LogP contribution >= 0.6 is 11.6 Å². The third-order valence-electron chi connectivity index (χ3n) is 3.91. The maximum absolute atomic E-state index is 12.1. The summed E-state index contributed by atoms with van der Waals surface area (Å²) >= 11 is 5.85. The number of carbonyl (C=O) groups excluding carboxylic acids is 1. The molecular weight excluding hydrogens is 286 g/mol. The first-order valence-corrected chi connectivity index (χ1v) is 7.52. The van der Waals surface area contributed by atoms with Crippen molar-refractivity contribution in [3.05, 3.63) is 52.8 Å². The van der Waals surface area contributed by atoms with Crippen LogP contribution in [-0.4, -0.2) is 22.2 Å². The van der Waals surface area contributed by atoms with Crippen molar-refractivity contribution in [2.45, 2.75) is 18.8 Å². The minimum absolute atomic E-state index is 0.111. The van der Waals surface area contributed by atoms with Crippen LogP contribution in [0.25, 0.3) is 0 Å². The number of amides is 1. The number of nitrogens with zero attached hydrogens (tertiary/aromatic N) is 2. The molecule has 0 spiro atoms. The number of hydrogen-bond acceptors (Lipinski definition) is 2. The Labute approximate surface area is 129 Å². The van der Waals surface area contributed by atoms with Gasteiger partial charge in [-0.3, -0.25) is 9.48 Å². The summed E-state index contributed by atoms with van der Waals surface area (Å²) in [5.74, 6) is 0.603. The first-order chi connectivity index (χ1) is 10.1. The average Bonchev–Trinajstić information content (AvgIpc) is 3.16. The van der Waals surface area contributed by atoms with Crippen LogP contribution in [0.5, 0.6) is 0 Å². The number of aryl methyl sites for hydroxylation is 1. The van der Waals surface area contributed by atoms with E-state index in [1.807, 2.05) is 43.7 Å². The molecule has 1 aromatic heterocycles. The first-order valence-electron chi connectivity index (χ1n) is 7.14. The molecule has 2 atom stereocenters. The maximum Gasteiger partial charge on any atom is 0.223 e. The van der Waals surface area contributed by atoms with Crippen LogP contribution in [0.1, 0.15) is 23.5 Å². The molecule has 1 fully saturated rings. The monoisotopic (exact) mass is 303 g/mol. The third-order valence-corrected chi connectivity index (χ3v) is 4.16. The van der Waals surface area contributed by atoms with Crippen molar-refractivity contribution in [1.82, 2.24) is 15.1 Å². The van der Waals surface area contributed by atoms with E-state index in [9.17, 15) is 4.79 Å². The fraction of sp³-hybridized carbons (Fsp3) is 0.375. The molecule has 0 saturated heterocycles. The van der Waals surface area contributed by atoms with Gasteiger partial charge < -0.3 is 5.32 Å². The summed E-state index contributed by atoms with van der Waals surface area (Å²) < 4.78 is 1.78. The Morgan fingerprint density at radius 3 is 2.86 bits per heavy atom. The van der Waals surface area contributed by atoms with Crippen molar-refractivity contribution in [2.24, 2.45) is 13.0 Å². The van der Waals surface area contributed by atoms with Crippen LogP contribution < -0.4 is 5.32 Å². The molecule has 1 aromatic carbocycles. The summed E-state index contributed by atoms with van der Waals surface area (Å²) in [5, 5.41) is 7.91. The van der Waals surface area contributed by atoms with E-state index in [4.69, 9.17) is 11.6 Å². The highest BCUT2D eigenvalue weighted by Gasteiger charge is 2.44. The van der Waals surface area contributed by atoms with Crippen LogP contribution in [-0.2, 0) is 18.3 Å². The molecule has 4 nitrogen and oxygen atoms in total. The molecule has 0 unspecified atom stereocenters. The quantitative estimate of drug-likeness (QED) is 0.922. The van der Waals surface area contributed by atoms with Gasteiger partial charge in [-0.1, -0.05) is 23.7 Å². The van der Waals surface area contributed by atoms with Gasteiger partial charge in [0.2, 0.25) is 5.91 Å². The Morgan fingerprint density at radius 1 is 1.43 bits per heavy atom. The van der Waals surface area contributed by atoms with E-state index in [1.54, 1.807) is 4.68 Å². The van der Waals surface area contributed by atoms with E-state index in [0.29, 0.717) is 12.5 Å². The van der Waals surface area contributed by atoms with Crippen molar-refractivity contribution >= 4 is 17.5 Å². The molecular formula is C16H18ClN3O. The van der Waals surface area contributed by atoms with Gasteiger partial charge in [0.05, 0.1) is 6.20 Å². The lowest BCUT2D eigenvalue weighted by Crippen LogP contribution is -2.27. The fourth-order valence-corrected chi connectivity index (χ4v) is 2.72. The molecule has 0 aliphatic heterocycles. The van der Waals surface area contributed by atoms with Crippen LogP contribution in [0, 0.1) is 5.92 Å². The van der Waals surface area contributed by atoms with E-state index >= 15 is 0 Å². The van der Waals surface area contributed by atoms with E-state index in [-0.39, 0.29) is 11.8 Å². The highest BCUT2D eigenvalue weighted by molar-refractivity contribution is 6.30. The summed E-state index contributed by atoms with van der Waals surface area (Å²) in [6.07, 6.45) is 5.60. The molecule has 1 aliphatic rings. The van der Waals surface area contributed by atoms with E-state index in [0.717, 1.165) is 23.4 Å². The maximum atomic E-state index is 12.1. The van der Waals surface area contributed by atoms with Crippen LogP contribution in [0.4, 0.5) is 0 Å². The Hall–Kier alpha value is -1.81. The van der Waals surface area contributed by atoms with E-state index < -0.39 is 0 Å². The summed E-state index contributed by atoms with van der Waals surface area (Å²) in [4.78, 5) is 12.1. The topological polar surface area (TPSA) is 46.9 Å². The second-order valence-electron chi connectivity index (χ2n) is 5.56. The lowest BCUT2D eigenvalue weighted by molar-refractivity contribution is -0.122. The van der Waals surface area contributed by atoms with Gasteiger partial charge in [0, 0.05) is 30.7 Å². The lowest BCUT2D eigenvalue weighted by atomic mass is 10.1. The molecule has 21 heavy (non-hydrogen) atoms. The first kappa shape index (κ1) is 14.1. The smallest absolute Gasteiger partial charge is 0.223 e. The Kier molecular flexibility index (Phi) is 3.97. The van der Waals surface area contributed by atoms with Gasteiger partial charge in [-0.25, -0.2) is 0 Å². The number of carbonyl (C=O) groups is 1. The summed E-state index contributed by atoms with van der Waals surface area (Å²) in [6, 6.07) is 7.73. The van der Waals surface area contributed by atoms with Gasteiger partial charge in [0.15, 0.2) is 0 Å². The minimum Gasteiger partial charge on any atom is -0.356 e. The molecule has 1 amide bonds. The van der Waals surface area contributed by atoms with Gasteiger partial charge in [-0.05, 0) is 42.0 Å². The van der Waals surface area contributed by atoms with Crippen LogP contribution in [0.2, 0.25) is 5.02 Å². The SMILES string of the molecule is Cn1cc([C@@H]2C[C@H]2C(=O)NCCc2ccc(Cl)cc2)cn1. The number of aromatic nitrogens is 2. The zero-order chi connectivity index (χ0) is 14.8. The van der Waals surface area contributed by atoms with Crippen LogP contribution in [0.15, 0.2) is 36.7 Å². The molecule has 1 heterocycles. The van der Waals surface area contributed by atoms with Gasteiger partial charge in [-0.15, -0.1) is 0 Å². The van der Waals surface area contributed by atoms with Crippen molar-refractivity contribution in [3.63, 3.8) is 0 Å². The summed E-state index contributed by atoms with van der Waals surface area (Å²) in [7, 11) is 1.90. The standard InChI is InChI=1S/C16H18ClN3O/c1-20-10-12(9-19-20)14-8-15(14)16(21)18-7-6-11-2-4-13(17)5-3-11/h2-5,9-10,14-15H,6-8H2,1H3,(H,18,21)/t14-,15+/m0/s1. The van der Waals surface area contributed by atoms with Gasteiger partial charge >= 0.3 is 0 Å². The zero-order valence-electron chi connectivity index (χ0n) is 11.9. The second kappa shape index (κ2) is 5.90. The molecule has 1 N–H and O–H groups in total. The normalized spacial score (nSPS) is 20.3. The number of hydrogen-bond donors (Lipinski definition) is 1. The minimum atomic E-state index is 0.111. The average molecular weight is 304 g/mol. The van der Waals surface area contributed by atoms with E-state index in [2.05, 4.69) is 10.4 Å². The molecule has 5 heteroatoms. The number of rotatable bonds is 5. The number of benzene rings is 1. The van der Waals surface area contributed by atoms with Crippen molar-refractivity contribution in [1.29, 1.82) is 0 Å². The number of nitrogens with one attached hydrogen (secondary N) is 1. The predicted octanol–water partition coefficient (Wildman–Crippen LogP) is 2.54. The molecule has 1 saturated carbocycles. The molecule has 1 aliphatic carbocycles. The van der Waals surface area contributed by atoms with E-state index in [1.165, 1.54) is 5.56 Å². The Bertz CT molecular complexity index is 635. The van der Waals surface area contributed by atoms with Gasteiger partial charge in [-0.2, -0.15) is 5.10 Å². The fourth-order valence-electron chi connectivity index (χ4n) is 2.60. The van der Waals surface area contributed by atoms with Crippen molar-refractivity contribution < 1.29 is 4.79 Å². The molecule has 110 valence electrons. The Morgan fingerprint density at radius 2 is 2.19 bits per heavy atom. The summed E-state index contributed by atoms with van der Waals surface area (Å²) in [6.45, 7) is 0.663. The highest BCUT2D eigenvalue weighted by atomic mass is 35.5. The highest BCUT2D eigenvalue weighted by Crippen LogP contribution is 2.47. The number of halogens is 1. The molecule has 2 aromatic rings. The van der Waals surface area contributed by atoms with Gasteiger partial charge in [0.1, 0.15) is 0 Å². The lowest BCUT2D eigenvalue weighted by Gasteiger charge is -2.05. The second-order valence-corrected chi connectivity index (χ2v) is 6.00. The third kappa shape index (κ3) is 3.45. The van der Waals surface area contributed by atoms with Crippen LogP contribution in [0.3, 0.4) is 0 Å². The zero-order valence-corrected chi connectivity index (χ0v) is 12.7. The summed E-state index contributed by atoms with van der Waals surface area (Å²) in [5.41, 5.74) is 2.34. The largest absolute Gasteiger partial charge is 0.356 e. The van der Waals surface area contributed by atoms with Crippen molar-refractivity contribution in [2.75, 3.05) is 6.54 Å². The molecule has 3 rings (SSSR count). The van der Waals surface area contributed by atoms with Gasteiger partial charge in [0.25, 0.3) is 0 Å². The Balaban J connectivity index is 1.44. The van der Waals surface area contributed by atoms with Crippen molar-refractivity contribution in [3.8, 4) is 0 Å². The predicted molar refractivity (Wildman–Crippen MR) is 82.2 cm³/mol. The molecule has 0 radical (unpaired) electrons.